The van der Waals surface area contributed by atoms with Crippen LogP contribution < -0.4 is 16.4 Å². The Balaban J connectivity index is 1.57. The number of aromatic nitrogens is 2. The van der Waals surface area contributed by atoms with Crippen LogP contribution in [0.1, 0.15) is 5.56 Å². The van der Waals surface area contributed by atoms with Gasteiger partial charge in [0.15, 0.2) is 0 Å². The van der Waals surface area contributed by atoms with Crippen molar-refractivity contribution in [2.75, 3.05) is 0 Å². The number of hydrogen-bond acceptors (Lipinski definition) is 4. The molecule has 0 atom stereocenters. The number of carbonyl (C=O) groups is 2. The van der Waals surface area contributed by atoms with Crippen LogP contribution in [0, 0.1) is 0 Å². The maximum absolute atomic E-state index is 12.3. The number of fused-ring (bicyclic) bond motifs is 1. The van der Waals surface area contributed by atoms with Crippen molar-refractivity contribution in [2.24, 2.45) is 0 Å². The van der Waals surface area contributed by atoms with Gasteiger partial charge in [0.2, 0.25) is 5.91 Å². The molecule has 0 saturated heterocycles. The summed E-state index contributed by atoms with van der Waals surface area (Å²) in [6, 6.07) is 13.7. The fraction of sp³-hybridized carbons (Fsp3) is 0.111. The normalized spacial score (nSPS) is 10.5. The van der Waals surface area contributed by atoms with Gasteiger partial charge in [-0.2, -0.15) is 0 Å². The molecule has 1 heterocycles. The van der Waals surface area contributed by atoms with Crippen molar-refractivity contribution in [1.29, 1.82) is 0 Å². The van der Waals surface area contributed by atoms with Crippen LogP contribution in [0.2, 0.25) is 5.02 Å². The quantitative estimate of drug-likeness (QED) is 0.680. The first-order valence-electron chi connectivity index (χ1n) is 7.79. The number of halogens is 1. The van der Waals surface area contributed by atoms with Crippen LogP contribution >= 0.6 is 11.6 Å². The minimum absolute atomic E-state index is 0.0922. The summed E-state index contributed by atoms with van der Waals surface area (Å²) in [7, 11) is 0. The van der Waals surface area contributed by atoms with E-state index in [-0.39, 0.29) is 24.4 Å². The Morgan fingerprint density at radius 3 is 2.46 bits per heavy atom. The molecule has 7 nitrogen and oxygen atoms in total. The Bertz CT molecular complexity index is 1010. The van der Waals surface area contributed by atoms with E-state index >= 15 is 0 Å². The highest BCUT2D eigenvalue weighted by Crippen LogP contribution is 2.09. The van der Waals surface area contributed by atoms with Gasteiger partial charge in [0.05, 0.1) is 23.7 Å². The summed E-state index contributed by atoms with van der Waals surface area (Å²) >= 11 is 5.79. The molecule has 0 bridgehead atoms. The molecule has 3 rings (SSSR count). The Kier molecular flexibility index (Phi) is 5.28. The lowest BCUT2D eigenvalue weighted by Gasteiger charge is -2.09. The number of hydrazine groups is 1. The monoisotopic (exact) mass is 370 g/mol. The van der Waals surface area contributed by atoms with Crippen molar-refractivity contribution >= 4 is 34.3 Å². The molecule has 0 aliphatic rings. The molecule has 2 aromatic carbocycles. The van der Waals surface area contributed by atoms with Crippen molar-refractivity contribution < 1.29 is 9.59 Å². The number of nitrogens with one attached hydrogen (secondary N) is 2. The fourth-order valence-electron chi connectivity index (χ4n) is 2.38. The lowest BCUT2D eigenvalue weighted by atomic mass is 10.1. The number of para-hydroxylation sites is 1. The zero-order valence-electron chi connectivity index (χ0n) is 13.6. The Morgan fingerprint density at radius 1 is 1.00 bits per heavy atom. The minimum atomic E-state index is -0.534. The minimum Gasteiger partial charge on any atom is -0.289 e. The summed E-state index contributed by atoms with van der Waals surface area (Å²) in [4.78, 5) is 40.3. The van der Waals surface area contributed by atoms with E-state index in [0.29, 0.717) is 15.9 Å². The largest absolute Gasteiger partial charge is 0.289 e. The van der Waals surface area contributed by atoms with Crippen molar-refractivity contribution in [2.45, 2.75) is 13.0 Å². The first kappa shape index (κ1) is 17.6. The predicted molar refractivity (Wildman–Crippen MR) is 97.4 cm³/mol. The summed E-state index contributed by atoms with van der Waals surface area (Å²) in [5, 5.41) is 1.01. The summed E-state index contributed by atoms with van der Waals surface area (Å²) in [5.74, 6) is -0.918. The molecule has 1 aromatic heterocycles. The fourth-order valence-corrected chi connectivity index (χ4v) is 2.51. The molecule has 132 valence electrons. The Hall–Kier alpha value is -3.19. The van der Waals surface area contributed by atoms with E-state index in [1.54, 1.807) is 48.5 Å². The van der Waals surface area contributed by atoms with Gasteiger partial charge in [0.25, 0.3) is 11.5 Å². The number of benzene rings is 2. The van der Waals surface area contributed by atoms with Gasteiger partial charge < -0.3 is 0 Å². The molecule has 8 heteroatoms. The number of amides is 2. The van der Waals surface area contributed by atoms with Crippen molar-refractivity contribution in [3.63, 3.8) is 0 Å². The van der Waals surface area contributed by atoms with Crippen LogP contribution in [0.4, 0.5) is 0 Å². The first-order chi connectivity index (χ1) is 12.5. The van der Waals surface area contributed by atoms with E-state index in [0.717, 1.165) is 5.56 Å². The third-order valence-corrected chi connectivity index (χ3v) is 3.92. The molecule has 0 aliphatic carbocycles. The van der Waals surface area contributed by atoms with E-state index in [4.69, 9.17) is 11.6 Å². The highest BCUT2D eigenvalue weighted by Gasteiger charge is 2.09. The van der Waals surface area contributed by atoms with Crippen LogP contribution in [0.15, 0.2) is 59.7 Å². The van der Waals surface area contributed by atoms with Crippen LogP contribution in [-0.4, -0.2) is 21.4 Å². The number of hydrogen-bond donors (Lipinski definition) is 2. The van der Waals surface area contributed by atoms with E-state index < -0.39 is 5.91 Å². The van der Waals surface area contributed by atoms with Gasteiger partial charge in [-0.05, 0) is 29.8 Å². The van der Waals surface area contributed by atoms with Crippen LogP contribution in [-0.2, 0) is 22.6 Å². The van der Waals surface area contributed by atoms with Gasteiger partial charge in [0, 0.05) is 5.02 Å². The van der Waals surface area contributed by atoms with Gasteiger partial charge in [-0.25, -0.2) is 4.98 Å². The van der Waals surface area contributed by atoms with Gasteiger partial charge in [-0.15, -0.1) is 0 Å². The van der Waals surface area contributed by atoms with Gasteiger partial charge in [0.1, 0.15) is 6.54 Å². The van der Waals surface area contributed by atoms with Crippen LogP contribution in [0.5, 0.6) is 0 Å². The molecular formula is C18H15ClN4O3. The molecule has 0 fully saturated rings. The Labute approximate surface area is 153 Å². The number of nitrogens with zero attached hydrogens (tertiary/aromatic N) is 2. The van der Waals surface area contributed by atoms with E-state index in [1.165, 1.54) is 10.9 Å². The summed E-state index contributed by atoms with van der Waals surface area (Å²) in [6.07, 6.45) is 1.40. The summed E-state index contributed by atoms with van der Waals surface area (Å²) in [6.45, 7) is -0.252. The molecule has 0 spiro atoms. The molecule has 2 amide bonds. The molecule has 2 N–H and O–H groups in total. The van der Waals surface area contributed by atoms with Crippen molar-refractivity contribution in [3.8, 4) is 0 Å². The lowest BCUT2D eigenvalue weighted by molar-refractivity contribution is -0.128. The second-order valence-corrected chi connectivity index (χ2v) is 6.03. The molecule has 0 saturated carbocycles. The molecule has 3 aromatic rings. The topological polar surface area (TPSA) is 93.1 Å². The summed E-state index contributed by atoms with van der Waals surface area (Å²) in [5.41, 5.74) is 5.60. The number of carbonyl (C=O) groups excluding carboxylic acids is 2. The molecule has 0 aliphatic heterocycles. The average Bonchev–Trinajstić information content (AvgIpc) is 2.64. The van der Waals surface area contributed by atoms with Gasteiger partial charge in [-0.1, -0.05) is 35.9 Å². The van der Waals surface area contributed by atoms with E-state index in [9.17, 15) is 14.4 Å². The third kappa shape index (κ3) is 4.25. The smallest absolute Gasteiger partial charge is 0.261 e. The SMILES string of the molecule is O=C(Cc1ccc(Cl)cc1)NNC(=O)Cn1cnc2ccccc2c1=O. The lowest BCUT2D eigenvalue weighted by Crippen LogP contribution is -2.44. The first-order valence-corrected chi connectivity index (χ1v) is 8.17. The van der Waals surface area contributed by atoms with Gasteiger partial charge in [-0.3, -0.25) is 29.8 Å². The third-order valence-electron chi connectivity index (χ3n) is 3.66. The van der Waals surface area contributed by atoms with E-state index in [2.05, 4.69) is 15.8 Å². The standard InChI is InChI=1S/C18H15ClN4O3/c19-13-7-5-12(6-8-13)9-16(24)21-22-17(25)10-23-11-20-15-4-2-1-3-14(15)18(23)26/h1-8,11H,9-10H2,(H,21,24)(H,22,25). The van der Waals surface area contributed by atoms with Crippen LogP contribution in [0.25, 0.3) is 10.9 Å². The Morgan fingerprint density at radius 2 is 1.69 bits per heavy atom. The maximum Gasteiger partial charge on any atom is 0.261 e. The second-order valence-electron chi connectivity index (χ2n) is 5.59. The zero-order chi connectivity index (χ0) is 18.5. The predicted octanol–water partition coefficient (Wildman–Crippen LogP) is 1.44. The van der Waals surface area contributed by atoms with Gasteiger partial charge >= 0.3 is 0 Å². The molecule has 0 radical (unpaired) electrons. The highest BCUT2D eigenvalue weighted by molar-refractivity contribution is 6.30. The highest BCUT2D eigenvalue weighted by atomic mass is 35.5. The maximum atomic E-state index is 12.3. The second kappa shape index (κ2) is 7.79. The molecule has 0 unspecified atom stereocenters. The average molecular weight is 371 g/mol. The van der Waals surface area contributed by atoms with E-state index in [1.807, 2.05) is 0 Å². The molecular weight excluding hydrogens is 356 g/mol. The summed E-state index contributed by atoms with van der Waals surface area (Å²) < 4.78 is 1.18. The number of rotatable bonds is 4. The zero-order valence-corrected chi connectivity index (χ0v) is 14.4. The van der Waals surface area contributed by atoms with Crippen molar-refractivity contribution in [1.82, 2.24) is 20.4 Å². The molecule has 26 heavy (non-hydrogen) atoms. The van der Waals surface area contributed by atoms with Crippen molar-refractivity contribution in [3.05, 3.63) is 75.8 Å². The van der Waals surface area contributed by atoms with Crippen LogP contribution in [0.3, 0.4) is 0 Å².